The van der Waals surface area contributed by atoms with Gasteiger partial charge in [0.05, 0.1) is 29.4 Å². The van der Waals surface area contributed by atoms with E-state index in [-0.39, 0.29) is 17.7 Å². The molecule has 0 radical (unpaired) electrons. The number of nitrogens with zero attached hydrogens (tertiary/aromatic N) is 3. The Hall–Kier alpha value is -1.72. The normalized spacial score (nSPS) is 22.5. The van der Waals surface area contributed by atoms with Gasteiger partial charge in [-0.05, 0) is 30.7 Å². The first-order chi connectivity index (χ1) is 10.7. The fourth-order valence-corrected chi connectivity index (χ4v) is 3.23. The van der Waals surface area contributed by atoms with Crippen molar-refractivity contribution in [2.75, 3.05) is 26.7 Å². The molecule has 1 aromatic carbocycles. The summed E-state index contributed by atoms with van der Waals surface area (Å²) in [6.45, 7) is 6.87. The second-order valence-corrected chi connectivity index (χ2v) is 5.86. The van der Waals surface area contributed by atoms with E-state index in [9.17, 15) is 4.79 Å². The maximum absolute atomic E-state index is 12.9. The van der Waals surface area contributed by atoms with E-state index in [1.54, 1.807) is 18.0 Å². The van der Waals surface area contributed by atoms with Crippen molar-refractivity contribution < 1.29 is 4.74 Å². The Morgan fingerprint density at radius 2 is 2.14 bits per heavy atom. The van der Waals surface area contributed by atoms with Crippen molar-refractivity contribution in [2.45, 2.75) is 32.4 Å². The first-order valence-electron chi connectivity index (χ1n) is 7.92. The lowest BCUT2D eigenvalue weighted by Crippen LogP contribution is -2.32. The van der Waals surface area contributed by atoms with Gasteiger partial charge >= 0.3 is 0 Å². The molecular weight excluding hydrogens is 278 g/mol. The third-order valence-electron chi connectivity index (χ3n) is 4.68. The number of hydrogen-bond acceptors (Lipinski definition) is 4. The zero-order valence-corrected chi connectivity index (χ0v) is 13.5. The fraction of sp³-hybridized carbons (Fsp3) is 0.529. The summed E-state index contributed by atoms with van der Waals surface area (Å²) in [5, 5.41) is 0.701. The predicted octanol–water partition coefficient (Wildman–Crippen LogP) is 1.85. The molecule has 1 saturated heterocycles. The van der Waals surface area contributed by atoms with Crippen molar-refractivity contribution in [3.63, 3.8) is 0 Å². The SMILES string of the molecule is CCc1ccc2ncn([C@H]3CN(CC)C[C@@H]3OC)c(=O)c2c1. The van der Waals surface area contributed by atoms with Gasteiger partial charge in [-0.2, -0.15) is 0 Å². The summed E-state index contributed by atoms with van der Waals surface area (Å²) in [5.41, 5.74) is 1.96. The summed E-state index contributed by atoms with van der Waals surface area (Å²) in [6.07, 6.45) is 2.62. The molecule has 0 saturated carbocycles. The molecule has 0 bridgehead atoms. The van der Waals surface area contributed by atoms with Gasteiger partial charge in [-0.3, -0.25) is 14.3 Å². The number of hydrogen-bond donors (Lipinski definition) is 0. The molecule has 22 heavy (non-hydrogen) atoms. The maximum Gasteiger partial charge on any atom is 0.261 e. The smallest absolute Gasteiger partial charge is 0.261 e. The van der Waals surface area contributed by atoms with Gasteiger partial charge in [-0.15, -0.1) is 0 Å². The fourth-order valence-electron chi connectivity index (χ4n) is 3.23. The third-order valence-corrected chi connectivity index (χ3v) is 4.68. The second-order valence-electron chi connectivity index (χ2n) is 5.86. The van der Waals surface area contributed by atoms with E-state index in [1.807, 2.05) is 18.2 Å². The first kappa shape index (κ1) is 15.2. The van der Waals surface area contributed by atoms with E-state index < -0.39 is 0 Å². The van der Waals surface area contributed by atoms with Gasteiger partial charge in [-0.1, -0.05) is 19.9 Å². The molecule has 0 amide bonds. The molecule has 1 aromatic heterocycles. The van der Waals surface area contributed by atoms with Crippen molar-refractivity contribution >= 4 is 10.9 Å². The highest BCUT2D eigenvalue weighted by Gasteiger charge is 2.34. The molecule has 0 spiro atoms. The van der Waals surface area contributed by atoms with Crippen LogP contribution in [0.2, 0.25) is 0 Å². The van der Waals surface area contributed by atoms with E-state index in [4.69, 9.17) is 4.74 Å². The topological polar surface area (TPSA) is 47.4 Å². The Labute approximate surface area is 130 Å². The Morgan fingerprint density at radius 3 is 2.82 bits per heavy atom. The number of benzene rings is 1. The minimum atomic E-state index is 0.0274. The molecule has 1 aliphatic rings. The van der Waals surface area contributed by atoms with Crippen molar-refractivity contribution in [2.24, 2.45) is 0 Å². The Kier molecular flexibility index (Phi) is 4.27. The number of methoxy groups -OCH3 is 1. The second kappa shape index (κ2) is 6.18. The summed E-state index contributed by atoms with van der Waals surface area (Å²) in [5.74, 6) is 0. The van der Waals surface area contributed by atoms with E-state index >= 15 is 0 Å². The van der Waals surface area contributed by atoms with Crippen LogP contribution in [0.3, 0.4) is 0 Å². The lowest BCUT2D eigenvalue weighted by atomic mass is 10.1. The van der Waals surface area contributed by atoms with Crippen molar-refractivity contribution in [1.82, 2.24) is 14.5 Å². The molecule has 118 valence electrons. The highest BCUT2D eigenvalue weighted by molar-refractivity contribution is 5.78. The number of likely N-dealkylation sites (tertiary alicyclic amines) is 1. The van der Waals surface area contributed by atoms with Crippen LogP contribution < -0.4 is 5.56 Å². The Balaban J connectivity index is 2.07. The van der Waals surface area contributed by atoms with Crippen molar-refractivity contribution in [1.29, 1.82) is 0 Å². The molecule has 0 aliphatic carbocycles. The standard InChI is InChI=1S/C17H23N3O2/c1-4-12-6-7-14-13(8-12)17(21)20(11-18-14)15-9-19(5-2)10-16(15)22-3/h6-8,11,15-16H,4-5,9-10H2,1-3H3/t15-,16-/m0/s1. The van der Waals surface area contributed by atoms with Crippen LogP contribution in [0.25, 0.3) is 10.9 Å². The van der Waals surface area contributed by atoms with Crippen LogP contribution >= 0.6 is 0 Å². The Morgan fingerprint density at radius 1 is 1.32 bits per heavy atom. The van der Waals surface area contributed by atoms with Gasteiger partial charge in [0.1, 0.15) is 0 Å². The number of fused-ring (bicyclic) bond motifs is 1. The van der Waals surface area contributed by atoms with Crippen LogP contribution in [-0.4, -0.2) is 47.3 Å². The lowest BCUT2D eigenvalue weighted by molar-refractivity contribution is 0.0807. The zero-order valence-electron chi connectivity index (χ0n) is 13.5. The minimum Gasteiger partial charge on any atom is -0.378 e. The largest absolute Gasteiger partial charge is 0.378 e. The summed E-state index contributed by atoms with van der Waals surface area (Å²) in [7, 11) is 1.71. The van der Waals surface area contributed by atoms with Gasteiger partial charge in [0.15, 0.2) is 0 Å². The first-order valence-corrected chi connectivity index (χ1v) is 7.92. The van der Waals surface area contributed by atoms with Crippen LogP contribution in [0.15, 0.2) is 29.3 Å². The molecule has 5 heteroatoms. The quantitative estimate of drug-likeness (QED) is 0.865. The summed E-state index contributed by atoms with van der Waals surface area (Å²) in [4.78, 5) is 19.7. The molecule has 3 rings (SSSR count). The summed E-state index contributed by atoms with van der Waals surface area (Å²) >= 11 is 0. The molecule has 0 unspecified atom stereocenters. The zero-order chi connectivity index (χ0) is 15.7. The van der Waals surface area contributed by atoms with E-state index in [2.05, 4.69) is 23.7 Å². The highest BCUT2D eigenvalue weighted by atomic mass is 16.5. The molecule has 1 fully saturated rings. The monoisotopic (exact) mass is 301 g/mol. The molecule has 0 N–H and O–H groups in total. The maximum atomic E-state index is 12.9. The van der Waals surface area contributed by atoms with Gasteiger partial charge in [0.25, 0.3) is 5.56 Å². The molecule has 5 nitrogen and oxygen atoms in total. The lowest BCUT2D eigenvalue weighted by Gasteiger charge is -2.19. The van der Waals surface area contributed by atoms with Crippen LogP contribution in [0.4, 0.5) is 0 Å². The number of rotatable bonds is 4. The van der Waals surface area contributed by atoms with Crippen LogP contribution in [0.5, 0.6) is 0 Å². The number of aromatic nitrogens is 2. The number of aryl methyl sites for hydroxylation is 1. The Bertz CT molecular complexity index is 725. The van der Waals surface area contributed by atoms with Crippen LogP contribution in [0.1, 0.15) is 25.5 Å². The summed E-state index contributed by atoms with van der Waals surface area (Å²) < 4.78 is 7.35. The molecule has 2 atom stereocenters. The van der Waals surface area contributed by atoms with Crippen molar-refractivity contribution in [3.8, 4) is 0 Å². The highest BCUT2D eigenvalue weighted by Crippen LogP contribution is 2.23. The van der Waals surface area contributed by atoms with Gasteiger partial charge in [-0.25, -0.2) is 4.98 Å². The average Bonchev–Trinajstić information content (AvgIpc) is 2.98. The van der Waals surface area contributed by atoms with Gasteiger partial charge in [0, 0.05) is 20.2 Å². The van der Waals surface area contributed by atoms with Crippen LogP contribution in [-0.2, 0) is 11.2 Å². The molecule has 2 aromatic rings. The molecule has 1 aliphatic heterocycles. The predicted molar refractivity (Wildman–Crippen MR) is 87.3 cm³/mol. The summed E-state index contributed by atoms with van der Waals surface area (Å²) in [6, 6.07) is 5.96. The van der Waals surface area contributed by atoms with E-state index in [1.165, 1.54) is 0 Å². The third kappa shape index (κ3) is 2.55. The van der Waals surface area contributed by atoms with E-state index in [0.29, 0.717) is 5.39 Å². The van der Waals surface area contributed by atoms with Gasteiger partial charge < -0.3 is 4.74 Å². The molecular formula is C17H23N3O2. The average molecular weight is 301 g/mol. The number of likely N-dealkylation sites (N-methyl/N-ethyl adjacent to an activating group) is 1. The van der Waals surface area contributed by atoms with Crippen molar-refractivity contribution in [3.05, 3.63) is 40.4 Å². The van der Waals surface area contributed by atoms with Crippen LogP contribution in [0, 0.1) is 0 Å². The molecule has 2 heterocycles. The minimum absolute atomic E-state index is 0.0274. The van der Waals surface area contributed by atoms with E-state index in [0.717, 1.165) is 37.1 Å². The number of ether oxygens (including phenoxy) is 1. The van der Waals surface area contributed by atoms with Gasteiger partial charge in [0.2, 0.25) is 0 Å².